The van der Waals surface area contributed by atoms with Crippen LogP contribution in [0.1, 0.15) is 43.0 Å². The quantitative estimate of drug-likeness (QED) is 0.416. The molecule has 0 aliphatic carbocycles. The molecule has 0 amide bonds. The minimum Gasteiger partial charge on any atom is -0.390 e. The summed E-state index contributed by atoms with van der Waals surface area (Å²) in [6.07, 6.45) is 2.06. The molecule has 2 fully saturated rings. The molecule has 37 heavy (non-hydrogen) atoms. The molecule has 0 radical (unpaired) electrons. The van der Waals surface area contributed by atoms with E-state index in [1.165, 1.54) is 10.4 Å². The Balaban J connectivity index is 1.40. The highest BCUT2D eigenvalue weighted by Gasteiger charge is 2.31. The summed E-state index contributed by atoms with van der Waals surface area (Å²) in [7, 11) is 0. The molecule has 0 saturated carbocycles. The van der Waals surface area contributed by atoms with E-state index in [1.807, 2.05) is 50.3 Å². The third kappa shape index (κ3) is 4.63. The van der Waals surface area contributed by atoms with Crippen molar-refractivity contribution in [3.63, 3.8) is 0 Å². The van der Waals surface area contributed by atoms with Gasteiger partial charge in [0.2, 0.25) is 5.95 Å². The number of rotatable bonds is 5. The molecule has 0 spiro atoms. The molecule has 0 unspecified atom stereocenters. The summed E-state index contributed by atoms with van der Waals surface area (Å²) in [6.45, 7) is 14.1. The first-order valence-electron chi connectivity index (χ1n) is 13.3. The number of benzene rings is 1. The van der Waals surface area contributed by atoms with Crippen molar-refractivity contribution in [2.75, 3.05) is 44.3 Å². The summed E-state index contributed by atoms with van der Waals surface area (Å²) in [4.78, 5) is 21.3. The molecule has 5 heterocycles. The molecule has 2 aliphatic heterocycles. The molecule has 2 aliphatic rings. The second-order valence-electron chi connectivity index (χ2n) is 11.0. The number of anilines is 1. The topological polar surface area (TPSA) is 79.5 Å². The standard InChI is InChI=1S/C28H36N6O2S/c1-18-23(17-32-11-9-20(10-12-32)28(3,4)35)37-25-24(18)30-27(31-26(25)33-13-15-36-16-14-33)34-19(2)29-21-7-5-6-8-22(21)34/h5-8,20,35H,9-17H2,1-4H3. The lowest BCUT2D eigenvalue weighted by Gasteiger charge is -2.37. The normalized spacial score (nSPS) is 18.4. The highest BCUT2D eigenvalue weighted by molar-refractivity contribution is 7.19. The second kappa shape index (κ2) is 9.62. The smallest absolute Gasteiger partial charge is 0.238 e. The van der Waals surface area contributed by atoms with Gasteiger partial charge in [-0.2, -0.15) is 4.98 Å². The Morgan fingerprint density at radius 1 is 1.03 bits per heavy atom. The van der Waals surface area contributed by atoms with Crippen molar-refractivity contribution < 1.29 is 9.84 Å². The molecule has 4 aromatic rings. The van der Waals surface area contributed by atoms with Crippen molar-refractivity contribution in [2.24, 2.45) is 5.92 Å². The number of aliphatic hydroxyl groups is 1. The second-order valence-corrected chi connectivity index (χ2v) is 12.1. The molecule has 3 aromatic heterocycles. The van der Waals surface area contributed by atoms with Gasteiger partial charge in [-0.05, 0) is 77.2 Å². The fourth-order valence-electron chi connectivity index (χ4n) is 5.75. The van der Waals surface area contributed by atoms with Crippen LogP contribution in [0.15, 0.2) is 24.3 Å². The number of piperidine rings is 1. The van der Waals surface area contributed by atoms with Crippen LogP contribution in [-0.2, 0) is 11.3 Å². The Morgan fingerprint density at radius 2 is 1.76 bits per heavy atom. The molecule has 0 atom stereocenters. The van der Waals surface area contributed by atoms with Crippen LogP contribution >= 0.6 is 11.3 Å². The first kappa shape index (κ1) is 24.7. The van der Waals surface area contributed by atoms with Gasteiger partial charge in [-0.3, -0.25) is 9.47 Å². The van der Waals surface area contributed by atoms with Crippen LogP contribution in [0.25, 0.3) is 27.2 Å². The zero-order valence-electron chi connectivity index (χ0n) is 22.2. The number of ether oxygens (including phenoxy) is 1. The Bertz CT molecular complexity index is 1420. The summed E-state index contributed by atoms with van der Waals surface area (Å²) in [5.74, 6) is 2.93. The number of hydrogen-bond donors (Lipinski definition) is 1. The molecule has 6 rings (SSSR count). The summed E-state index contributed by atoms with van der Waals surface area (Å²) < 4.78 is 8.89. The monoisotopic (exact) mass is 520 g/mol. The maximum absolute atomic E-state index is 10.5. The lowest BCUT2D eigenvalue weighted by molar-refractivity contribution is -0.0135. The van der Waals surface area contributed by atoms with Gasteiger partial charge in [0, 0.05) is 24.5 Å². The molecular weight excluding hydrogens is 484 g/mol. The minimum atomic E-state index is -0.603. The van der Waals surface area contributed by atoms with Crippen molar-refractivity contribution in [3.8, 4) is 5.95 Å². The van der Waals surface area contributed by atoms with E-state index in [4.69, 9.17) is 19.7 Å². The van der Waals surface area contributed by atoms with Crippen molar-refractivity contribution >= 4 is 38.4 Å². The van der Waals surface area contributed by atoms with Crippen LogP contribution in [-0.4, -0.2) is 74.5 Å². The fraction of sp³-hybridized carbons (Fsp3) is 0.536. The van der Waals surface area contributed by atoms with Crippen LogP contribution in [0, 0.1) is 19.8 Å². The Morgan fingerprint density at radius 3 is 2.49 bits per heavy atom. The first-order chi connectivity index (χ1) is 17.8. The first-order valence-corrected chi connectivity index (χ1v) is 14.1. The number of morpholine rings is 1. The average molecular weight is 521 g/mol. The Labute approximate surface area is 221 Å². The summed E-state index contributed by atoms with van der Waals surface area (Å²) in [5, 5.41) is 10.5. The van der Waals surface area contributed by atoms with Gasteiger partial charge in [0.15, 0.2) is 5.82 Å². The van der Waals surface area contributed by atoms with Crippen molar-refractivity contribution in [3.05, 3.63) is 40.5 Å². The van der Waals surface area contributed by atoms with E-state index < -0.39 is 5.60 Å². The van der Waals surface area contributed by atoms with Gasteiger partial charge in [-0.25, -0.2) is 9.97 Å². The molecule has 1 aromatic carbocycles. The molecule has 1 N–H and O–H groups in total. The summed E-state index contributed by atoms with van der Waals surface area (Å²) in [5.41, 5.74) is 3.65. The SMILES string of the molecule is Cc1c(CN2CCC(C(C)(C)O)CC2)sc2c(N3CCOCC3)nc(-n3c(C)nc4ccccc43)nc12. The Kier molecular flexibility index (Phi) is 6.43. The van der Waals surface area contributed by atoms with Crippen LogP contribution < -0.4 is 4.90 Å². The third-order valence-electron chi connectivity index (χ3n) is 8.03. The number of para-hydroxylation sites is 2. The minimum absolute atomic E-state index is 0.363. The van der Waals surface area contributed by atoms with Crippen molar-refractivity contribution in [1.82, 2.24) is 24.4 Å². The maximum atomic E-state index is 10.5. The number of imidazole rings is 1. The average Bonchev–Trinajstić information content (AvgIpc) is 3.39. The van der Waals surface area contributed by atoms with E-state index in [0.717, 1.165) is 78.5 Å². The van der Waals surface area contributed by atoms with E-state index in [0.29, 0.717) is 25.1 Å². The van der Waals surface area contributed by atoms with E-state index in [-0.39, 0.29) is 0 Å². The molecule has 8 nitrogen and oxygen atoms in total. The molecule has 196 valence electrons. The van der Waals surface area contributed by atoms with Gasteiger partial charge in [-0.15, -0.1) is 11.3 Å². The maximum Gasteiger partial charge on any atom is 0.238 e. The number of fused-ring (bicyclic) bond motifs is 2. The number of aromatic nitrogens is 4. The van der Waals surface area contributed by atoms with E-state index in [1.54, 1.807) is 0 Å². The number of nitrogens with zero attached hydrogens (tertiary/aromatic N) is 6. The lowest BCUT2D eigenvalue weighted by Crippen LogP contribution is -2.41. The van der Waals surface area contributed by atoms with E-state index in [9.17, 15) is 5.11 Å². The van der Waals surface area contributed by atoms with Gasteiger partial charge in [-0.1, -0.05) is 12.1 Å². The van der Waals surface area contributed by atoms with Gasteiger partial charge >= 0.3 is 0 Å². The highest BCUT2D eigenvalue weighted by atomic mass is 32.1. The van der Waals surface area contributed by atoms with Gasteiger partial charge in [0.1, 0.15) is 5.82 Å². The van der Waals surface area contributed by atoms with E-state index in [2.05, 4.69) is 27.4 Å². The lowest BCUT2D eigenvalue weighted by atomic mass is 9.83. The Hall–Kier alpha value is -2.59. The van der Waals surface area contributed by atoms with Gasteiger partial charge < -0.3 is 14.7 Å². The molecular formula is C28H36N6O2S. The van der Waals surface area contributed by atoms with Crippen molar-refractivity contribution in [2.45, 2.75) is 52.7 Å². The molecule has 0 bridgehead atoms. The number of thiophene rings is 1. The van der Waals surface area contributed by atoms with Crippen molar-refractivity contribution in [1.29, 1.82) is 0 Å². The number of likely N-dealkylation sites (tertiary alicyclic amines) is 1. The van der Waals surface area contributed by atoms with E-state index >= 15 is 0 Å². The zero-order valence-corrected chi connectivity index (χ0v) is 23.0. The van der Waals surface area contributed by atoms with Crippen LogP contribution in [0.5, 0.6) is 0 Å². The predicted molar refractivity (Wildman–Crippen MR) is 149 cm³/mol. The number of aryl methyl sites for hydroxylation is 2. The highest BCUT2D eigenvalue weighted by Crippen LogP contribution is 2.38. The summed E-state index contributed by atoms with van der Waals surface area (Å²) >= 11 is 1.83. The molecule has 2 saturated heterocycles. The third-order valence-corrected chi connectivity index (χ3v) is 9.29. The molecule has 9 heteroatoms. The zero-order chi connectivity index (χ0) is 25.7. The van der Waals surface area contributed by atoms with Crippen LogP contribution in [0.2, 0.25) is 0 Å². The van der Waals surface area contributed by atoms with Gasteiger partial charge in [0.25, 0.3) is 0 Å². The van der Waals surface area contributed by atoms with Crippen LogP contribution in [0.3, 0.4) is 0 Å². The predicted octanol–water partition coefficient (Wildman–Crippen LogP) is 4.47. The fourth-order valence-corrected chi connectivity index (χ4v) is 7.05. The summed E-state index contributed by atoms with van der Waals surface area (Å²) in [6, 6.07) is 8.17. The number of hydrogen-bond acceptors (Lipinski definition) is 8. The largest absolute Gasteiger partial charge is 0.390 e. The van der Waals surface area contributed by atoms with Crippen LogP contribution in [0.4, 0.5) is 5.82 Å². The van der Waals surface area contributed by atoms with Gasteiger partial charge in [0.05, 0.1) is 40.1 Å².